The number of carbonyl (C=O) groups is 1. The van der Waals surface area contributed by atoms with Gasteiger partial charge in [0.25, 0.3) is 5.91 Å². The maximum absolute atomic E-state index is 12.7. The molecule has 2 saturated heterocycles. The lowest BCUT2D eigenvalue weighted by molar-refractivity contribution is -0.000189. The molecule has 0 N–H and O–H groups in total. The van der Waals surface area contributed by atoms with E-state index in [1.807, 2.05) is 49.6 Å². The van der Waals surface area contributed by atoms with Crippen molar-refractivity contribution in [3.05, 3.63) is 59.9 Å². The third-order valence-corrected chi connectivity index (χ3v) is 6.15. The summed E-state index contributed by atoms with van der Waals surface area (Å²) in [4.78, 5) is 21.3. The van der Waals surface area contributed by atoms with E-state index in [0.717, 1.165) is 63.4 Å². The highest BCUT2D eigenvalue weighted by Gasteiger charge is 2.22. The van der Waals surface area contributed by atoms with Gasteiger partial charge >= 0.3 is 0 Å². The van der Waals surface area contributed by atoms with Gasteiger partial charge in [0.05, 0.1) is 11.8 Å². The number of pyridine rings is 1. The van der Waals surface area contributed by atoms with Crippen LogP contribution in [0.25, 0.3) is 0 Å². The molecule has 1 amide bonds. The normalized spacial score (nSPS) is 20.4. The van der Waals surface area contributed by atoms with E-state index < -0.39 is 0 Å². The predicted octanol–water partition coefficient (Wildman–Crippen LogP) is 3.77. The Bertz CT molecular complexity index is 814. The lowest BCUT2D eigenvalue weighted by atomic mass is 10.1. The lowest BCUT2D eigenvalue weighted by Crippen LogP contribution is -2.38. The first kappa shape index (κ1) is 21.8. The summed E-state index contributed by atoms with van der Waals surface area (Å²) in [6, 6.07) is 13.6. The van der Waals surface area contributed by atoms with Crippen molar-refractivity contribution < 1.29 is 14.3 Å². The average Bonchev–Trinajstić information content (AvgIpc) is 2.82. The van der Waals surface area contributed by atoms with Gasteiger partial charge in [-0.05, 0) is 68.5 Å². The lowest BCUT2D eigenvalue weighted by Gasteiger charge is -2.32. The summed E-state index contributed by atoms with van der Waals surface area (Å²) in [5.74, 6) is 0.863. The molecule has 1 aromatic heterocycles. The zero-order valence-corrected chi connectivity index (χ0v) is 18.4. The molecule has 2 aromatic rings. The summed E-state index contributed by atoms with van der Waals surface area (Å²) in [6.45, 7) is 4.36. The number of likely N-dealkylation sites (tertiary alicyclic amines) is 1. The number of hydrogen-bond acceptors (Lipinski definition) is 5. The van der Waals surface area contributed by atoms with Gasteiger partial charge in [0.2, 0.25) is 0 Å². The van der Waals surface area contributed by atoms with Crippen LogP contribution in [0.1, 0.15) is 48.2 Å². The van der Waals surface area contributed by atoms with Gasteiger partial charge < -0.3 is 14.4 Å². The second-order valence-electron chi connectivity index (χ2n) is 8.61. The number of benzene rings is 1. The number of amides is 1. The second kappa shape index (κ2) is 10.7. The Hall–Kier alpha value is -2.44. The third-order valence-electron chi connectivity index (χ3n) is 6.15. The first-order valence-electron chi connectivity index (χ1n) is 11.4. The van der Waals surface area contributed by atoms with Gasteiger partial charge in [-0.2, -0.15) is 0 Å². The summed E-state index contributed by atoms with van der Waals surface area (Å²) in [7, 11) is 1.85. The maximum atomic E-state index is 12.7. The standard InChI is InChI=1S/C25H33N3O3/c1-27(19-24-7-3-5-17-30-24)25(29)20-8-10-22(11-9-20)31-23-12-15-28(16-13-23)18-21-6-2-4-14-26-21/h2,4,6,8-11,14,23-24H,3,5,7,12-13,15-19H2,1H3/t24-/m1/s1. The first-order chi connectivity index (χ1) is 15.2. The molecular formula is C25H33N3O3. The number of rotatable bonds is 7. The molecule has 0 radical (unpaired) electrons. The molecule has 0 unspecified atom stereocenters. The molecular weight excluding hydrogens is 390 g/mol. The fourth-order valence-electron chi connectivity index (χ4n) is 4.33. The second-order valence-corrected chi connectivity index (χ2v) is 8.61. The van der Waals surface area contributed by atoms with Crippen molar-refractivity contribution in [2.24, 2.45) is 0 Å². The van der Waals surface area contributed by atoms with Crippen molar-refractivity contribution >= 4 is 5.91 Å². The molecule has 0 bridgehead atoms. The third kappa shape index (κ3) is 6.28. The predicted molar refractivity (Wildman–Crippen MR) is 120 cm³/mol. The van der Waals surface area contributed by atoms with Crippen molar-refractivity contribution in [1.29, 1.82) is 0 Å². The monoisotopic (exact) mass is 423 g/mol. The largest absolute Gasteiger partial charge is 0.490 e. The molecule has 1 atom stereocenters. The van der Waals surface area contributed by atoms with Crippen LogP contribution in [0.3, 0.4) is 0 Å². The summed E-state index contributed by atoms with van der Waals surface area (Å²) < 4.78 is 11.9. The van der Waals surface area contributed by atoms with Crippen LogP contribution < -0.4 is 4.74 Å². The smallest absolute Gasteiger partial charge is 0.253 e. The van der Waals surface area contributed by atoms with Gasteiger partial charge in [-0.1, -0.05) is 6.07 Å². The summed E-state index contributed by atoms with van der Waals surface area (Å²) in [6.07, 6.45) is 7.56. The fraction of sp³-hybridized carbons (Fsp3) is 0.520. The van der Waals surface area contributed by atoms with E-state index in [1.165, 1.54) is 6.42 Å². The van der Waals surface area contributed by atoms with Crippen LogP contribution >= 0.6 is 0 Å². The van der Waals surface area contributed by atoms with Crippen LogP contribution in [0.5, 0.6) is 5.75 Å². The molecule has 166 valence electrons. The van der Waals surface area contributed by atoms with Gasteiger partial charge in [-0.25, -0.2) is 0 Å². The van der Waals surface area contributed by atoms with Gasteiger partial charge in [0.15, 0.2) is 0 Å². The molecule has 0 spiro atoms. The van der Waals surface area contributed by atoms with Crippen molar-refractivity contribution in [3.8, 4) is 5.75 Å². The molecule has 0 aliphatic carbocycles. The minimum Gasteiger partial charge on any atom is -0.490 e. The van der Waals surface area contributed by atoms with E-state index in [1.54, 1.807) is 4.90 Å². The van der Waals surface area contributed by atoms with E-state index in [0.29, 0.717) is 12.1 Å². The average molecular weight is 424 g/mol. The van der Waals surface area contributed by atoms with Crippen LogP contribution in [-0.4, -0.2) is 66.2 Å². The zero-order valence-electron chi connectivity index (χ0n) is 18.4. The molecule has 31 heavy (non-hydrogen) atoms. The molecule has 1 aromatic carbocycles. The Labute approximate surface area is 185 Å². The van der Waals surface area contributed by atoms with Gasteiger partial charge in [-0.15, -0.1) is 0 Å². The Morgan fingerprint density at radius 1 is 1.13 bits per heavy atom. The zero-order chi connectivity index (χ0) is 21.5. The number of likely N-dealkylation sites (N-methyl/N-ethyl adjacent to an activating group) is 1. The minimum atomic E-state index is 0.0311. The summed E-state index contributed by atoms with van der Waals surface area (Å²) >= 11 is 0. The van der Waals surface area contributed by atoms with Crippen LogP contribution in [-0.2, 0) is 11.3 Å². The van der Waals surface area contributed by atoms with Gasteiger partial charge in [0.1, 0.15) is 11.9 Å². The van der Waals surface area contributed by atoms with Gasteiger partial charge in [0, 0.05) is 51.6 Å². The number of ether oxygens (including phenoxy) is 2. The number of aromatic nitrogens is 1. The maximum Gasteiger partial charge on any atom is 0.253 e. The van der Waals surface area contributed by atoms with E-state index in [2.05, 4.69) is 16.0 Å². The van der Waals surface area contributed by atoms with E-state index in [4.69, 9.17) is 9.47 Å². The molecule has 2 aliphatic rings. The quantitative estimate of drug-likeness (QED) is 0.679. The van der Waals surface area contributed by atoms with Crippen molar-refractivity contribution in [2.45, 2.75) is 50.9 Å². The highest BCUT2D eigenvalue weighted by atomic mass is 16.5. The number of hydrogen-bond donors (Lipinski definition) is 0. The topological polar surface area (TPSA) is 54.9 Å². The van der Waals surface area contributed by atoms with E-state index in [-0.39, 0.29) is 18.1 Å². The Morgan fingerprint density at radius 3 is 2.61 bits per heavy atom. The molecule has 3 heterocycles. The first-order valence-corrected chi connectivity index (χ1v) is 11.4. The Balaban J connectivity index is 1.22. The molecule has 6 heteroatoms. The van der Waals surface area contributed by atoms with Crippen LogP contribution in [0.15, 0.2) is 48.7 Å². The van der Waals surface area contributed by atoms with Crippen molar-refractivity contribution in [3.63, 3.8) is 0 Å². The SMILES string of the molecule is CN(C[C@H]1CCCCO1)C(=O)c1ccc(OC2CCN(Cc3ccccn3)CC2)cc1. The molecule has 6 nitrogen and oxygen atoms in total. The summed E-state index contributed by atoms with van der Waals surface area (Å²) in [5.41, 5.74) is 1.80. The number of nitrogens with zero attached hydrogens (tertiary/aromatic N) is 3. The van der Waals surface area contributed by atoms with Crippen LogP contribution in [0.4, 0.5) is 0 Å². The van der Waals surface area contributed by atoms with E-state index >= 15 is 0 Å². The highest BCUT2D eigenvalue weighted by molar-refractivity contribution is 5.94. The fourth-order valence-corrected chi connectivity index (χ4v) is 4.33. The number of carbonyl (C=O) groups excluding carboxylic acids is 1. The van der Waals surface area contributed by atoms with Crippen molar-refractivity contribution in [2.75, 3.05) is 33.3 Å². The molecule has 2 aliphatic heterocycles. The summed E-state index contributed by atoms with van der Waals surface area (Å²) in [5, 5.41) is 0. The molecule has 4 rings (SSSR count). The Morgan fingerprint density at radius 2 is 1.94 bits per heavy atom. The Kier molecular flexibility index (Phi) is 7.54. The molecule has 2 fully saturated rings. The van der Waals surface area contributed by atoms with Crippen LogP contribution in [0.2, 0.25) is 0 Å². The highest BCUT2D eigenvalue weighted by Crippen LogP contribution is 2.21. The van der Waals surface area contributed by atoms with Gasteiger partial charge in [-0.3, -0.25) is 14.7 Å². The number of piperidine rings is 1. The minimum absolute atomic E-state index is 0.0311. The molecule has 0 saturated carbocycles. The van der Waals surface area contributed by atoms with Crippen LogP contribution in [0, 0.1) is 0 Å². The van der Waals surface area contributed by atoms with E-state index in [9.17, 15) is 4.79 Å². The van der Waals surface area contributed by atoms with Crippen molar-refractivity contribution in [1.82, 2.24) is 14.8 Å².